The van der Waals surface area contributed by atoms with Crippen LogP contribution in [0.3, 0.4) is 0 Å². The molecular formula is C17H28F2N2O3. The summed E-state index contributed by atoms with van der Waals surface area (Å²) in [5.74, 6) is -3.91. The summed E-state index contributed by atoms with van der Waals surface area (Å²) >= 11 is 0. The van der Waals surface area contributed by atoms with Crippen LogP contribution in [0.5, 0.6) is 0 Å². The zero-order chi connectivity index (χ0) is 18.3. The summed E-state index contributed by atoms with van der Waals surface area (Å²) in [6, 6.07) is -0.809. The summed E-state index contributed by atoms with van der Waals surface area (Å²) in [6.07, 6.45) is -0.607. The van der Waals surface area contributed by atoms with Gasteiger partial charge in [-0.05, 0) is 31.6 Å². The van der Waals surface area contributed by atoms with Crippen molar-refractivity contribution in [3.05, 3.63) is 0 Å². The quantitative estimate of drug-likeness (QED) is 0.854. The third-order valence-corrected chi connectivity index (χ3v) is 4.86. The van der Waals surface area contributed by atoms with Crippen molar-refractivity contribution in [2.75, 3.05) is 13.1 Å². The number of carbonyl (C=O) groups excluding carboxylic acids is 2. The van der Waals surface area contributed by atoms with Crippen LogP contribution in [0.4, 0.5) is 13.6 Å². The van der Waals surface area contributed by atoms with Gasteiger partial charge in [-0.15, -0.1) is 0 Å². The minimum atomic E-state index is -2.69. The lowest BCUT2D eigenvalue weighted by molar-refractivity contribution is -0.136. The number of hydrogen-bond donors (Lipinski definition) is 1. The molecule has 2 amide bonds. The lowest BCUT2D eigenvalue weighted by Crippen LogP contribution is -2.55. The molecule has 0 aromatic rings. The number of nitrogens with zero attached hydrogens (tertiary/aromatic N) is 1. The first-order valence-electron chi connectivity index (χ1n) is 8.55. The summed E-state index contributed by atoms with van der Waals surface area (Å²) < 4.78 is 32.9. The second-order valence-corrected chi connectivity index (χ2v) is 8.31. The molecule has 138 valence electrons. The van der Waals surface area contributed by atoms with E-state index in [9.17, 15) is 18.4 Å². The number of amides is 2. The van der Waals surface area contributed by atoms with Gasteiger partial charge in [0.1, 0.15) is 6.04 Å². The van der Waals surface area contributed by atoms with E-state index in [0.717, 1.165) is 0 Å². The molecule has 0 radical (unpaired) electrons. The molecule has 0 bridgehead atoms. The Labute approximate surface area is 142 Å². The van der Waals surface area contributed by atoms with Crippen molar-refractivity contribution in [1.29, 1.82) is 0 Å². The van der Waals surface area contributed by atoms with Gasteiger partial charge in [0.2, 0.25) is 5.91 Å². The molecule has 0 spiro atoms. The van der Waals surface area contributed by atoms with E-state index in [-0.39, 0.29) is 30.9 Å². The van der Waals surface area contributed by atoms with Crippen molar-refractivity contribution in [1.82, 2.24) is 10.2 Å². The maximum absolute atomic E-state index is 13.9. The molecule has 5 nitrogen and oxygen atoms in total. The SMILES string of the molecule is CC(C)OC(=O)N[C@H](C(=O)N1C[C@H]2CCC(F)(F)[C@H]2C1)C(C)(C)C. The fourth-order valence-corrected chi connectivity index (χ4v) is 3.58. The van der Waals surface area contributed by atoms with E-state index in [1.54, 1.807) is 13.8 Å². The first-order valence-corrected chi connectivity index (χ1v) is 8.55. The summed E-state index contributed by atoms with van der Waals surface area (Å²) in [5, 5.41) is 2.61. The summed E-state index contributed by atoms with van der Waals surface area (Å²) in [5.41, 5.74) is -0.548. The number of fused-ring (bicyclic) bond motifs is 1. The Kier molecular flexibility index (Phi) is 5.11. The van der Waals surface area contributed by atoms with Gasteiger partial charge in [0.05, 0.1) is 6.10 Å². The van der Waals surface area contributed by atoms with Crippen LogP contribution < -0.4 is 5.32 Å². The van der Waals surface area contributed by atoms with Gasteiger partial charge in [0.25, 0.3) is 5.92 Å². The highest BCUT2D eigenvalue weighted by molar-refractivity contribution is 5.86. The third kappa shape index (κ3) is 3.98. The molecule has 0 aromatic carbocycles. The topological polar surface area (TPSA) is 58.6 Å². The Morgan fingerprint density at radius 2 is 1.88 bits per heavy atom. The van der Waals surface area contributed by atoms with Gasteiger partial charge >= 0.3 is 6.09 Å². The van der Waals surface area contributed by atoms with Gasteiger partial charge in [-0.1, -0.05) is 20.8 Å². The monoisotopic (exact) mass is 346 g/mol. The van der Waals surface area contributed by atoms with E-state index in [1.807, 2.05) is 20.8 Å². The zero-order valence-electron chi connectivity index (χ0n) is 15.1. The molecule has 1 aliphatic heterocycles. The molecule has 2 rings (SSSR count). The fraction of sp³-hybridized carbons (Fsp3) is 0.882. The van der Waals surface area contributed by atoms with Gasteiger partial charge in [-0.3, -0.25) is 4.79 Å². The van der Waals surface area contributed by atoms with Crippen molar-refractivity contribution in [3.63, 3.8) is 0 Å². The van der Waals surface area contributed by atoms with Gasteiger partial charge in [-0.25, -0.2) is 13.6 Å². The van der Waals surface area contributed by atoms with Crippen LogP contribution in [-0.2, 0) is 9.53 Å². The number of nitrogens with one attached hydrogen (secondary N) is 1. The molecule has 1 aliphatic carbocycles. The number of alkyl halides is 2. The van der Waals surface area contributed by atoms with Crippen LogP contribution in [0.25, 0.3) is 0 Å². The lowest BCUT2D eigenvalue weighted by atomic mass is 9.86. The summed E-state index contributed by atoms with van der Waals surface area (Å²) in [6.45, 7) is 9.33. The zero-order valence-corrected chi connectivity index (χ0v) is 15.1. The lowest BCUT2D eigenvalue weighted by Gasteiger charge is -2.33. The largest absolute Gasteiger partial charge is 0.447 e. The average molecular weight is 346 g/mol. The maximum Gasteiger partial charge on any atom is 0.408 e. The van der Waals surface area contributed by atoms with E-state index in [2.05, 4.69) is 5.32 Å². The molecule has 2 aliphatic rings. The molecule has 3 atom stereocenters. The second-order valence-electron chi connectivity index (χ2n) is 8.31. The fourth-order valence-electron chi connectivity index (χ4n) is 3.58. The van der Waals surface area contributed by atoms with Crippen LogP contribution in [0.2, 0.25) is 0 Å². The van der Waals surface area contributed by atoms with Gasteiger partial charge < -0.3 is 15.0 Å². The number of rotatable bonds is 3. The second kappa shape index (κ2) is 6.48. The minimum absolute atomic E-state index is 0.0595. The number of carbonyl (C=O) groups is 2. The summed E-state index contributed by atoms with van der Waals surface area (Å²) in [4.78, 5) is 26.3. The van der Waals surface area contributed by atoms with Gasteiger partial charge in [-0.2, -0.15) is 0 Å². The molecule has 2 fully saturated rings. The Bertz CT molecular complexity index is 503. The molecule has 1 N–H and O–H groups in total. The molecule has 0 unspecified atom stereocenters. The van der Waals surface area contributed by atoms with Crippen LogP contribution in [0, 0.1) is 17.3 Å². The molecule has 24 heavy (non-hydrogen) atoms. The number of ether oxygens (including phenoxy) is 1. The van der Waals surface area contributed by atoms with Crippen molar-refractivity contribution in [2.45, 2.75) is 65.5 Å². The van der Waals surface area contributed by atoms with Gasteiger partial charge in [0, 0.05) is 25.4 Å². The van der Waals surface area contributed by atoms with Crippen molar-refractivity contribution < 1.29 is 23.1 Å². The van der Waals surface area contributed by atoms with Gasteiger partial charge in [0.15, 0.2) is 0 Å². The van der Waals surface area contributed by atoms with Crippen molar-refractivity contribution in [2.24, 2.45) is 17.3 Å². The molecule has 1 saturated heterocycles. The van der Waals surface area contributed by atoms with E-state index >= 15 is 0 Å². The first-order chi connectivity index (χ1) is 10.9. The first kappa shape index (κ1) is 18.9. The molecular weight excluding hydrogens is 318 g/mol. The van der Waals surface area contributed by atoms with E-state index in [4.69, 9.17) is 4.74 Å². The van der Waals surface area contributed by atoms with Crippen molar-refractivity contribution >= 4 is 12.0 Å². The highest BCUT2D eigenvalue weighted by Crippen LogP contribution is 2.48. The number of alkyl carbamates (subject to hydrolysis) is 1. The van der Waals surface area contributed by atoms with Crippen LogP contribution in [-0.4, -0.2) is 48.1 Å². The van der Waals surface area contributed by atoms with Crippen LogP contribution >= 0.6 is 0 Å². The molecule has 1 saturated carbocycles. The molecule has 1 heterocycles. The highest BCUT2D eigenvalue weighted by atomic mass is 19.3. The predicted molar refractivity (Wildman–Crippen MR) is 85.7 cm³/mol. The standard InChI is InChI=1S/C17H28F2N2O3/c1-10(2)24-15(23)20-13(16(3,4)5)14(22)21-8-11-6-7-17(18,19)12(11)9-21/h10-13H,6-9H2,1-5H3,(H,20,23)/t11-,12+,13-/m1/s1. The average Bonchev–Trinajstić information content (AvgIpc) is 2.95. The Balaban J connectivity index is 2.08. The molecule has 0 aromatic heterocycles. The Hall–Kier alpha value is -1.40. The molecule has 7 heteroatoms. The predicted octanol–water partition coefficient (Wildman–Crippen LogP) is 3.04. The van der Waals surface area contributed by atoms with E-state index in [1.165, 1.54) is 4.90 Å². The van der Waals surface area contributed by atoms with Crippen molar-refractivity contribution in [3.8, 4) is 0 Å². The summed E-state index contributed by atoms with van der Waals surface area (Å²) in [7, 11) is 0. The number of hydrogen-bond acceptors (Lipinski definition) is 3. The Morgan fingerprint density at radius 3 is 2.38 bits per heavy atom. The number of likely N-dealkylation sites (tertiary alicyclic amines) is 1. The number of halogens is 2. The van der Waals surface area contributed by atoms with Crippen LogP contribution in [0.1, 0.15) is 47.5 Å². The minimum Gasteiger partial charge on any atom is -0.447 e. The maximum atomic E-state index is 13.9. The van der Waals surface area contributed by atoms with E-state index in [0.29, 0.717) is 13.0 Å². The highest BCUT2D eigenvalue weighted by Gasteiger charge is 2.55. The van der Waals surface area contributed by atoms with E-state index < -0.39 is 29.4 Å². The normalized spacial score (nSPS) is 27.1. The van der Waals surface area contributed by atoms with Crippen LogP contribution in [0.15, 0.2) is 0 Å². The smallest absolute Gasteiger partial charge is 0.408 e. The Morgan fingerprint density at radius 1 is 1.25 bits per heavy atom. The third-order valence-electron chi connectivity index (χ3n) is 4.86.